The largest absolute Gasteiger partial charge is 0.337 e. The van der Waals surface area contributed by atoms with Crippen molar-refractivity contribution in [3.63, 3.8) is 0 Å². The number of nitrogens with one attached hydrogen (secondary N) is 3. The Balaban J connectivity index is 1.61. The molecule has 2 atom stereocenters. The average Bonchev–Trinajstić information content (AvgIpc) is 2.66. The van der Waals surface area contributed by atoms with Gasteiger partial charge in [0, 0.05) is 24.4 Å². The summed E-state index contributed by atoms with van der Waals surface area (Å²) in [6.45, 7) is 2.81. The molecule has 0 aromatic heterocycles. The first kappa shape index (κ1) is 14.0. The first-order chi connectivity index (χ1) is 8.84. The van der Waals surface area contributed by atoms with Gasteiger partial charge in [0.15, 0.2) is 0 Å². The van der Waals surface area contributed by atoms with Gasteiger partial charge in [-0.3, -0.25) is 0 Å². The predicted molar refractivity (Wildman–Crippen MR) is 77.1 cm³/mol. The zero-order valence-electron chi connectivity index (χ0n) is 11.0. The van der Waals surface area contributed by atoms with Gasteiger partial charge in [0.25, 0.3) is 0 Å². The molecule has 0 aromatic rings. The van der Waals surface area contributed by atoms with Crippen molar-refractivity contribution in [2.45, 2.75) is 49.8 Å². The van der Waals surface area contributed by atoms with Crippen LogP contribution in [0.4, 0.5) is 4.79 Å². The fourth-order valence-corrected chi connectivity index (χ4v) is 3.79. The Bertz CT molecular complexity index is 249. The molecule has 3 N–H and O–H groups in total. The van der Waals surface area contributed by atoms with Gasteiger partial charge in [-0.15, -0.1) is 0 Å². The summed E-state index contributed by atoms with van der Waals surface area (Å²) < 4.78 is 0. The average molecular weight is 271 g/mol. The molecule has 104 valence electrons. The summed E-state index contributed by atoms with van der Waals surface area (Å²) in [5.74, 6) is 1.25. The van der Waals surface area contributed by atoms with Crippen LogP contribution in [0.2, 0.25) is 0 Å². The van der Waals surface area contributed by atoms with E-state index in [-0.39, 0.29) is 6.03 Å². The van der Waals surface area contributed by atoms with Crippen LogP contribution >= 0.6 is 11.8 Å². The Labute approximate surface area is 114 Å². The van der Waals surface area contributed by atoms with E-state index in [0.717, 1.165) is 26.1 Å². The van der Waals surface area contributed by atoms with Crippen molar-refractivity contribution in [1.29, 1.82) is 0 Å². The van der Waals surface area contributed by atoms with Crippen molar-refractivity contribution < 1.29 is 4.79 Å². The molecule has 5 heteroatoms. The Morgan fingerprint density at radius 1 is 1.22 bits per heavy atom. The molecule has 0 radical (unpaired) electrons. The molecule has 2 aliphatic rings. The van der Waals surface area contributed by atoms with Crippen LogP contribution in [-0.4, -0.2) is 42.7 Å². The highest BCUT2D eigenvalue weighted by Gasteiger charge is 2.17. The van der Waals surface area contributed by atoms with Crippen LogP contribution in [0.5, 0.6) is 0 Å². The summed E-state index contributed by atoms with van der Waals surface area (Å²) >= 11 is 2.00. The van der Waals surface area contributed by atoms with Crippen LogP contribution in [0.1, 0.15) is 38.5 Å². The van der Waals surface area contributed by atoms with Crippen LogP contribution < -0.4 is 16.0 Å². The van der Waals surface area contributed by atoms with Gasteiger partial charge in [0.05, 0.1) is 0 Å². The molecule has 2 amide bonds. The summed E-state index contributed by atoms with van der Waals surface area (Å²) in [4.78, 5) is 11.8. The molecule has 0 bridgehead atoms. The van der Waals surface area contributed by atoms with E-state index >= 15 is 0 Å². The molecule has 0 aromatic carbocycles. The van der Waals surface area contributed by atoms with Crippen LogP contribution in [0.15, 0.2) is 0 Å². The predicted octanol–water partition coefficient (Wildman–Crippen LogP) is 1.71. The van der Waals surface area contributed by atoms with E-state index in [4.69, 9.17) is 0 Å². The monoisotopic (exact) mass is 271 g/mol. The van der Waals surface area contributed by atoms with Crippen LogP contribution in [0.3, 0.4) is 0 Å². The Hall–Kier alpha value is -0.420. The van der Waals surface area contributed by atoms with E-state index in [1.54, 1.807) is 0 Å². The topological polar surface area (TPSA) is 53.2 Å². The molecule has 2 aliphatic heterocycles. The molecule has 2 saturated heterocycles. The van der Waals surface area contributed by atoms with Gasteiger partial charge >= 0.3 is 6.03 Å². The zero-order valence-corrected chi connectivity index (χ0v) is 11.9. The number of hydrogen-bond acceptors (Lipinski definition) is 3. The molecule has 2 fully saturated rings. The number of urea groups is 1. The quantitative estimate of drug-likeness (QED) is 0.732. The summed E-state index contributed by atoms with van der Waals surface area (Å²) in [5.41, 5.74) is 0. The van der Waals surface area contributed by atoms with Crippen molar-refractivity contribution >= 4 is 17.8 Å². The molecule has 2 heterocycles. The lowest BCUT2D eigenvalue weighted by molar-refractivity contribution is 0.236. The third kappa shape index (κ3) is 5.06. The van der Waals surface area contributed by atoms with Crippen LogP contribution in [0.25, 0.3) is 0 Å². The second kappa shape index (κ2) is 7.89. The first-order valence-electron chi connectivity index (χ1n) is 7.21. The minimum atomic E-state index is 0.00914. The van der Waals surface area contributed by atoms with Gasteiger partial charge in [-0.25, -0.2) is 4.79 Å². The second-order valence-electron chi connectivity index (χ2n) is 5.24. The fraction of sp³-hybridized carbons (Fsp3) is 0.923. The summed E-state index contributed by atoms with van der Waals surface area (Å²) in [5, 5.41) is 10.1. The smallest absolute Gasteiger partial charge is 0.315 e. The van der Waals surface area contributed by atoms with Gasteiger partial charge in [-0.05, 0) is 38.0 Å². The van der Waals surface area contributed by atoms with Gasteiger partial charge in [0.2, 0.25) is 0 Å². The highest BCUT2D eigenvalue weighted by Crippen LogP contribution is 2.24. The fourth-order valence-electron chi connectivity index (χ4n) is 2.55. The summed E-state index contributed by atoms with van der Waals surface area (Å²) in [6.07, 6.45) is 7.41. The molecule has 2 rings (SSSR count). The molecule has 0 spiro atoms. The zero-order chi connectivity index (χ0) is 12.6. The Kier molecular flexibility index (Phi) is 6.14. The number of amides is 2. The van der Waals surface area contributed by atoms with Crippen molar-refractivity contribution in [2.24, 2.45) is 0 Å². The SMILES string of the molecule is O=C(NCC1CCCCS1)NC1CCCCNC1. The first-order valence-corrected chi connectivity index (χ1v) is 8.26. The maximum absolute atomic E-state index is 11.8. The van der Waals surface area contributed by atoms with Gasteiger partial charge in [-0.2, -0.15) is 11.8 Å². The van der Waals surface area contributed by atoms with Gasteiger partial charge < -0.3 is 16.0 Å². The van der Waals surface area contributed by atoms with E-state index in [0.29, 0.717) is 11.3 Å². The number of rotatable bonds is 3. The summed E-state index contributed by atoms with van der Waals surface area (Å²) in [7, 11) is 0. The number of hydrogen-bond donors (Lipinski definition) is 3. The van der Waals surface area contributed by atoms with E-state index in [1.807, 2.05) is 11.8 Å². The number of carbonyl (C=O) groups is 1. The molecular weight excluding hydrogens is 246 g/mol. The third-order valence-corrected chi connectivity index (χ3v) is 5.04. The molecular formula is C13H25N3OS. The molecule has 0 saturated carbocycles. The highest BCUT2D eigenvalue weighted by atomic mass is 32.2. The maximum atomic E-state index is 11.8. The van der Waals surface area contributed by atoms with Gasteiger partial charge in [-0.1, -0.05) is 12.8 Å². The van der Waals surface area contributed by atoms with E-state index in [9.17, 15) is 4.79 Å². The van der Waals surface area contributed by atoms with Crippen molar-refractivity contribution in [2.75, 3.05) is 25.4 Å². The molecule has 18 heavy (non-hydrogen) atoms. The second-order valence-corrected chi connectivity index (χ2v) is 6.65. The number of thioether (sulfide) groups is 1. The Morgan fingerprint density at radius 3 is 2.94 bits per heavy atom. The van der Waals surface area contributed by atoms with Crippen LogP contribution in [-0.2, 0) is 0 Å². The third-order valence-electron chi connectivity index (χ3n) is 3.65. The normalized spacial score (nSPS) is 29.3. The molecule has 0 aliphatic carbocycles. The van der Waals surface area contributed by atoms with Crippen molar-refractivity contribution in [1.82, 2.24) is 16.0 Å². The van der Waals surface area contributed by atoms with E-state index in [2.05, 4.69) is 16.0 Å². The molecule has 4 nitrogen and oxygen atoms in total. The number of carbonyl (C=O) groups excluding carboxylic acids is 1. The summed E-state index contributed by atoms with van der Waals surface area (Å²) in [6, 6.07) is 0.307. The lowest BCUT2D eigenvalue weighted by atomic mass is 10.1. The minimum absolute atomic E-state index is 0.00914. The lowest BCUT2D eigenvalue weighted by Crippen LogP contribution is -2.47. The van der Waals surface area contributed by atoms with Crippen LogP contribution in [0, 0.1) is 0 Å². The highest BCUT2D eigenvalue weighted by molar-refractivity contribution is 7.99. The minimum Gasteiger partial charge on any atom is -0.337 e. The standard InChI is InChI=1S/C13H25N3OS/c17-13(15-10-12-6-2-4-8-18-12)16-11-5-1-3-7-14-9-11/h11-12,14H,1-10H2,(H2,15,16,17). The Morgan fingerprint density at radius 2 is 2.11 bits per heavy atom. The van der Waals surface area contributed by atoms with Gasteiger partial charge in [0.1, 0.15) is 0 Å². The lowest BCUT2D eigenvalue weighted by Gasteiger charge is -2.22. The molecule has 2 unspecified atom stereocenters. The van der Waals surface area contributed by atoms with E-state index in [1.165, 1.54) is 37.9 Å². The van der Waals surface area contributed by atoms with Crippen molar-refractivity contribution in [3.8, 4) is 0 Å². The maximum Gasteiger partial charge on any atom is 0.315 e. The van der Waals surface area contributed by atoms with Crippen molar-refractivity contribution in [3.05, 3.63) is 0 Å². The van der Waals surface area contributed by atoms with E-state index < -0.39 is 0 Å².